The second-order valence-corrected chi connectivity index (χ2v) is 5.92. The Hall–Kier alpha value is -3.13. The van der Waals surface area contributed by atoms with Gasteiger partial charge in [0, 0.05) is 36.4 Å². The van der Waals surface area contributed by atoms with Gasteiger partial charge in [-0.25, -0.2) is 9.37 Å². The molecule has 0 atom stereocenters. The quantitative estimate of drug-likeness (QED) is 0.595. The van der Waals surface area contributed by atoms with Crippen molar-refractivity contribution in [1.29, 1.82) is 0 Å². The van der Waals surface area contributed by atoms with Crippen LogP contribution in [0.15, 0.2) is 54.9 Å². The lowest BCUT2D eigenvalue weighted by Crippen LogP contribution is -2.28. The van der Waals surface area contributed by atoms with E-state index in [2.05, 4.69) is 30.9 Å². The van der Waals surface area contributed by atoms with Crippen LogP contribution < -0.4 is 16.0 Å². The third-order valence-electron chi connectivity index (χ3n) is 3.40. The molecule has 2 heterocycles. The molecule has 2 aromatic heterocycles. The summed E-state index contributed by atoms with van der Waals surface area (Å²) in [6, 6.07) is 11.7. The van der Waals surface area contributed by atoms with Gasteiger partial charge >= 0.3 is 0 Å². The molecule has 0 radical (unpaired) electrons. The third-order valence-corrected chi connectivity index (χ3v) is 3.65. The van der Waals surface area contributed by atoms with E-state index in [0.29, 0.717) is 23.4 Å². The standard InChI is InChI=1S/C18H17FN6S/c1-12-10-16(23-15-4-2-14(19)3-5-15)24-17(22-12)25-18(26)21-11-13-6-8-20-9-7-13/h2-10H,11H2,1H3,(H3,21,22,23,24,25,26). The van der Waals surface area contributed by atoms with Crippen LogP contribution >= 0.6 is 12.2 Å². The normalized spacial score (nSPS) is 10.2. The van der Waals surface area contributed by atoms with E-state index in [1.165, 1.54) is 12.1 Å². The Morgan fingerprint density at radius 2 is 1.81 bits per heavy atom. The van der Waals surface area contributed by atoms with Crippen molar-refractivity contribution in [1.82, 2.24) is 20.3 Å². The van der Waals surface area contributed by atoms with Gasteiger partial charge in [0.05, 0.1) is 0 Å². The number of hydrogen-bond donors (Lipinski definition) is 3. The molecule has 0 aliphatic carbocycles. The molecule has 0 saturated heterocycles. The molecular formula is C18H17FN6S. The van der Waals surface area contributed by atoms with Crippen LogP contribution in [0.4, 0.5) is 21.8 Å². The number of nitrogens with one attached hydrogen (secondary N) is 3. The molecule has 0 fully saturated rings. The lowest BCUT2D eigenvalue weighted by Gasteiger charge is -2.12. The van der Waals surface area contributed by atoms with Gasteiger partial charge in [-0.2, -0.15) is 4.98 Å². The molecule has 0 unspecified atom stereocenters. The Kier molecular flexibility index (Phi) is 5.65. The third kappa shape index (κ3) is 5.18. The van der Waals surface area contributed by atoms with Crippen molar-refractivity contribution in [3.63, 3.8) is 0 Å². The monoisotopic (exact) mass is 368 g/mol. The second kappa shape index (κ2) is 8.30. The zero-order valence-electron chi connectivity index (χ0n) is 14.0. The number of anilines is 3. The van der Waals surface area contributed by atoms with Crippen LogP contribution in [0.25, 0.3) is 0 Å². The van der Waals surface area contributed by atoms with E-state index >= 15 is 0 Å². The lowest BCUT2D eigenvalue weighted by molar-refractivity contribution is 0.628. The number of thiocarbonyl (C=S) groups is 1. The van der Waals surface area contributed by atoms with Gasteiger partial charge in [-0.3, -0.25) is 4.98 Å². The Balaban J connectivity index is 1.63. The minimum atomic E-state index is -0.289. The molecule has 1 aromatic carbocycles. The molecule has 26 heavy (non-hydrogen) atoms. The molecule has 3 aromatic rings. The van der Waals surface area contributed by atoms with Gasteiger partial charge in [0.1, 0.15) is 11.6 Å². The predicted molar refractivity (Wildman–Crippen MR) is 104 cm³/mol. The van der Waals surface area contributed by atoms with Crippen LogP contribution in [0.3, 0.4) is 0 Å². The largest absolute Gasteiger partial charge is 0.358 e. The fraction of sp³-hybridized carbons (Fsp3) is 0.111. The van der Waals surface area contributed by atoms with Gasteiger partial charge < -0.3 is 16.0 Å². The van der Waals surface area contributed by atoms with Gasteiger partial charge in [0.25, 0.3) is 0 Å². The van der Waals surface area contributed by atoms with E-state index in [1.54, 1.807) is 30.6 Å². The summed E-state index contributed by atoms with van der Waals surface area (Å²) in [5.41, 5.74) is 2.56. The van der Waals surface area contributed by atoms with Crippen molar-refractivity contribution < 1.29 is 4.39 Å². The van der Waals surface area contributed by atoms with Crippen LogP contribution in [-0.4, -0.2) is 20.1 Å². The summed E-state index contributed by atoms with van der Waals surface area (Å²) in [6.45, 7) is 2.43. The predicted octanol–water partition coefficient (Wildman–Crippen LogP) is 3.55. The van der Waals surface area contributed by atoms with Crippen LogP contribution in [-0.2, 0) is 6.54 Å². The van der Waals surface area contributed by atoms with Crippen molar-refractivity contribution in [2.24, 2.45) is 0 Å². The van der Waals surface area contributed by atoms with Crippen LogP contribution in [0.1, 0.15) is 11.3 Å². The molecule has 6 nitrogen and oxygen atoms in total. The average molecular weight is 368 g/mol. The maximum absolute atomic E-state index is 13.0. The molecule has 3 N–H and O–H groups in total. The summed E-state index contributed by atoms with van der Waals surface area (Å²) in [4.78, 5) is 12.7. The second-order valence-electron chi connectivity index (χ2n) is 5.51. The maximum Gasteiger partial charge on any atom is 0.231 e. The van der Waals surface area contributed by atoms with Crippen LogP contribution in [0, 0.1) is 12.7 Å². The Morgan fingerprint density at radius 1 is 1.08 bits per heavy atom. The molecule has 0 aliphatic rings. The smallest absolute Gasteiger partial charge is 0.231 e. The Morgan fingerprint density at radius 3 is 2.54 bits per heavy atom. The fourth-order valence-electron chi connectivity index (χ4n) is 2.20. The molecule has 0 bridgehead atoms. The van der Waals surface area contributed by atoms with E-state index in [4.69, 9.17) is 12.2 Å². The first-order valence-corrected chi connectivity index (χ1v) is 8.31. The zero-order valence-corrected chi connectivity index (χ0v) is 14.8. The highest BCUT2D eigenvalue weighted by atomic mass is 32.1. The summed E-state index contributed by atoms with van der Waals surface area (Å²) in [7, 11) is 0. The molecular weight excluding hydrogens is 351 g/mol. The number of benzene rings is 1. The van der Waals surface area contributed by atoms with Crippen LogP contribution in [0.2, 0.25) is 0 Å². The molecule has 132 valence electrons. The van der Waals surface area contributed by atoms with E-state index in [0.717, 1.165) is 16.9 Å². The number of aromatic nitrogens is 3. The molecule has 8 heteroatoms. The Labute approximate surface area is 155 Å². The molecule has 0 saturated carbocycles. The fourth-order valence-corrected chi connectivity index (χ4v) is 2.36. The van der Waals surface area contributed by atoms with Gasteiger partial charge in [-0.1, -0.05) is 0 Å². The van der Waals surface area contributed by atoms with Gasteiger partial charge in [0.2, 0.25) is 5.95 Å². The minimum Gasteiger partial charge on any atom is -0.358 e. The number of rotatable bonds is 5. The van der Waals surface area contributed by atoms with Crippen molar-refractivity contribution in [3.8, 4) is 0 Å². The first kappa shape index (κ1) is 17.7. The zero-order chi connectivity index (χ0) is 18.4. The summed E-state index contributed by atoms with van der Waals surface area (Å²) in [5, 5.41) is 9.60. The number of pyridine rings is 1. The lowest BCUT2D eigenvalue weighted by atomic mass is 10.3. The van der Waals surface area contributed by atoms with Crippen molar-refractivity contribution >= 4 is 34.8 Å². The highest BCUT2D eigenvalue weighted by Gasteiger charge is 2.05. The topological polar surface area (TPSA) is 74.8 Å². The van der Waals surface area contributed by atoms with E-state index in [-0.39, 0.29) is 5.82 Å². The number of halogens is 1. The molecule has 3 rings (SSSR count). The van der Waals surface area contributed by atoms with E-state index in [1.807, 2.05) is 19.1 Å². The van der Waals surface area contributed by atoms with Crippen molar-refractivity contribution in [3.05, 3.63) is 71.9 Å². The number of aryl methyl sites for hydroxylation is 1. The van der Waals surface area contributed by atoms with E-state index < -0.39 is 0 Å². The number of hydrogen-bond acceptors (Lipinski definition) is 5. The average Bonchev–Trinajstić information content (AvgIpc) is 2.62. The first-order chi connectivity index (χ1) is 12.6. The highest BCUT2D eigenvalue weighted by Crippen LogP contribution is 2.17. The minimum absolute atomic E-state index is 0.289. The summed E-state index contributed by atoms with van der Waals surface area (Å²) in [6.07, 6.45) is 3.45. The summed E-state index contributed by atoms with van der Waals surface area (Å²) in [5.74, 6) is 0.674. The van der Waals surface area contributed by atoms with Crippen molar-refractivity contribution in [2.75, 3.05) is 10.6 Å². The van der Waals surface area contributed by atoms with Gasteiger partial charge in [-0.15, -0.1) is 0 Å². The van der Waals surface area contributed by atoms with Gasteiger partial charge in [0.15, 0.2) is 5.11 Å². The van der Waals surface area contributed by atoms with Gasteiger partial charge in [-0.05, 0) is 61.1 Å². The maximum atomic E-state index is 13.0. The summed E-state index contributed by atoms with van der Waals surface area (Å²) < 4.78 is 13.0. The SMILES string of the molecule is Cc1cc(Nc2ccc(F)cc2)nc(NC(=S)NCc2ccncc2)n1. The number of nitrogens with zero attached hydrogens (tertiary/aromatic N) is 3. The highest BCUT2D eigenvalue weighted by molar-refractivity contribution is 7.80. The van der Waals surface area contributed by atoms with E-state index in [9.17, 15) is 4.39 Å². The molecule has 0 spiro atoms. The van der Waals surface area contributed by atoms with Crippen LogP contribution in [0.5, 0.6) is 0 Å². The Bertz CT molecular complexity index is 886. The molecule has 0 aliphatic heterocycles. The summed E-state index contributed by atoms with van der Waals surface area (Å²) >= 11 is 5.29. The molecule has 0 amide bonds. The van der Waals surface area contributed by atoms with Crippen molar-refractivity contribution in [2.45, 2.75) is 13.5 Å². The first-order valence-electron chi connectivity index (χ1n) is 7.90.